The van der Waals surface area contributed by atoms with Crippen LogP contribution in [0.4, 0.5) is 0 Å². The van der Waals surface area contributed by atoms with Crippen LogP contribution in [0.3, 0.4) is 0 Å². The van der Waals surface area contributed by atoms with E-state index in [1.807, 2.05) is 0 Å². The van der Waals surface area contributed by atoms with Crippen molar-refractivity contribution < 1.29 is 50.3 Å². The summed E-state index contributed by atoms with van der Waals surface area (Å²) in [5.41, 5.74) is 0. The zero-order valence-corrected chi connectivity index (χ0v) is 6.91. The summed E-state index contributed by atoms with van der Waals surface area (Å²) in [6, 6.07) is 0. The summed E-state index contributed by atoms with van der Waals surface area (Å²) in [6.07, 6.45) is 0. The molecule has 0 heterocycles. The topological polar surface area (TPSA) is 46.1 Å². The van der Waals surface area contributed by atoms with Crippen molar-refractivity contribution in [2.24, 2.45) is 0 Å². The van der Waals surface area contributed by atoms with E-state index in [-0.39, 0.29) is 40.0 Å². The molecule has 0 atom stereocenters. The van der Waals surface area contributed by atoms with Crippen molar-refractivity contribution in [1.82, 2.24) is 0 Å². The molecular weight excluding hydrogens is 183 g/mol. The Morgan fingerprint density at radius 3 is 1.00 bits per heavy atom. The molecule has 0 radical (unpaired) electrons. The Morgan fingerprint density at radius 2 is 1.00 bits per heavy atom. The van der Waals surface area contributed by atoms with Crippen molar-refractivity contribution >= 4 is 0 Å². The van der Waals surface area contributed by atoms with Crippen LogP contribution in [0.5, 0.6) is 0 Å². The first-order valence-electron chi connectivity index (χ1n) is 0.816. The van der Waals surface area contributed by atoms with Crippen molar-refractivity contribution in [2.45, 2.75) is 0 Å². The largest absolute Gasteiger partial charge is 4.00 e. The summed E-state index contributed by atoms with van der Waals surface area (Å²) in [4.78, 5) is 0. The average molecular weight is 190 g/mol. The van der Waals surface area contributed by atoms with E-state index in [1.165, 1.54) is 0 Å². The van der Waals surface area contributed by atoms with E-state index < -0.39 is 0 Å². The van der Waals surface area contributed by atoms with Crippen LogP contribution in [-0.4, -0.2) is 14.2 Å². The Hall–Kier alpha value is 1.09. The van der Waals surface area contributed by atoms with Crippen molar-refractivity contribution in [3.8, 4) is 0 Å². The molecule has 0 amide bonds. The Bertz CT molecular complexity index is 15.7. The molecule has 0 aliphatic carbocycles. The fourth-order valence-electron chi connectivity index (χ4n) is 0. The maximum absolute atomic E-state index is 8.25. The molecule has 0 saturated heterocycles. The second-order valence-corrected chi connectivity index (χ2v) is 0. The summed E-state index contributed by atoms with van der Waals surface area (Å²) in [6.45, 7) is 0. The summed E-state index contributed by atoms with van der Waals surface area (Å²) >= 11 is 0. The van der Waals surface area contributed by atoms with Gasteiger partial charge in [0.25, 0.3) is 0 Å². The molecule has 0 aromatic heterocycles. The van der Waals surface area contributed by atoms with Crippen LogP contribution in [0.2, 0.25) is 0 Å². The zero-order valence-electron chi connectivity index (χ0n) is 4.69. The SMILES string of the molecule is C[O-].C[O-].[Cl-].[H-].[Zr+4]. The van der Waals surface area contributed by atoms with E-state index in [4.69, 9.17) is 10.2 Å². The van der Waals surface area contributed by atoms with Crippen LogP contribution >= 0.6 is 0 Å². The quantitative estimate of drug-likeness (QED) is 0.384. The molecule has 0 saturated carbocycles. The van der Waals surface area contributed by atoms with Crippen LogP contribution in [0.1, 0.15) is 1.43 Å². The normalized spacial score (nSPS) is 2.00. The molecule has 4 heteroatoms. The van der Waals surface area contributed by atoms with Crippen molar-refractivity contribution in [3.63, 3.8) is 0 Å². The van der Waals surface area contributed by atoms with Gasteiger partial charge in [-0.15, -0.1) is 0 Å². The first-order valence-corrected chi connectivity index (χ1v) is 0.816. The molecule has 0 fully saturated rings. The molecule has 0 spiro atoms. The number of halogens is 1. The van der Waals surface area contributed by atoms with Crippen LogP contribution in [0.15, 0.2) is 0 Å². The van der Waals surface area contributed by atoms with Gasteiger partial charge in [0, 0.05) is 0 Å². The Kier molecular flexibility index (Phi) is 607. The summed E-state index contributed by atoms with van der Waals surface area (Å²) in [5.74, 6) is 0. The third kappa shape index (κ3) is 71.4. The molecular formula is C2H7ClO2Zr. The minimum Gasteiger partial charge on any atom is -1.00 e. The van der Waals surface area contributed by atoms with Crippen LogP contribution in [0, 0.1) is 0 Å². The van der Waals surface area contributed by atoms with Crippen molar-refractivity contribution in [3.05, 3.63) is 0 Å². The standard InChI is InChI=1S/2CH3O.ClH.Zr.H/c2*1-2;;;/h2*1H3;1H;;/q2*-1;;+4;-1/p-1. The average Bonchev–Trinajstić information content (AvgIpc) is 1.50. The minimum absolute atomic E-state index is 0. The molecule has 0 rings (SSSR count). The third-order valence-corrected chi connectivity index (χ3v) is 0. The Labute approximate surface area is 64.6 Å². The maximum Gasteiger partial charge on any atom is 4.00 e. The van der Waals surface area contributed by atoms with E-state index >= 15 is 0 Å². The van der Waals surface area contributed by atoms with Crippen LogP contribution < -0.4 is 22.6 Å². The van der Waals surface area contributed by atoms with Gasteiger partial charge in [-0.3, -0.25) is 0 Å². The molecule has 0 N–H and O–H groups in total. The van der Waals surface area contributed by atoms with Gasteiger partial charge < -0.3 is 24.0 Å². The van der Waals surface area contributed by atoms with Crippen molar-refractivity contribution in [1.29, 1.82) is 0 Å². The maximum atomic E-state index is 8.25. The van der Waals surface area contributed by atoms with Gasteiger partial charge in [0.05, 0.1) is 0 Å². The first kappa shape index (κ1) is 27.5. The van der Waals surface area contributed by atoms with Crippen LogP contribution in [-0.2, 0) is 26.2 Å². The molecule has 0 aromatic rings. The summed E-state index contributed by atoms with van der Waals surface area (Å²) in [7, 11) is 1.50. The Morgan fingerprint density at radius 1 is 1.00 bits per heavy atom. The number of rotatable bonds is 0. The van der Waals surface area contributed by atoms with Gasteiger partial charge >= 0.3 is 26.2 Å². The second-order valence-electron chi connectivity index (χ2n) is 0. The van der Waals surface area contributed by atoms with Gasteiger partial charge in [-0.2, -0.15) is 14.2 Å². The van der Waals surface area contributed by atoms with E-state index in [1.54, 1.807) is 0 Å². The van der Waals surface area contributed by atoms with Gasteiger partial charge in [-0.25, -0.2) is 0 Å². The fraction of sp³-hybridized carbons (Fsp3) is 1.00. The van der Waals surface area contributed by atoms with Gasteiger partial charge in [0.1, 0.15) is 0 Å². The predicted molar refractivity (Wildman–Crippen MR) is 13.0 cm³/mol. The molecule has 2 nitrogen and oxygen atoms in total. The molecule has 0 aliphatic rings. The minimum atomic E-state index is 0. The van der Waals surface area contributed by atoms with E-state index in [9.17, 15) is 0 Å². The summed E-state index contributed by atoms with van der Waals surface area (Å²) in [5, 5.41) is 16.5. The van der Waals surface area contributed by atoms with E-state index in [0.717, 1.165) is 14.2 Å². The van der Waals surface area contributed by atoms with Gasteiger partial charge in [-0.1, -0.05) is 0 Å². The molecule has 6 heavy (non-hydrogen) atoms. The number of hydrogen-bond acceptors (Lipinski definition) is 2. The first-order chi connectivity index (χ1) is 2.00. The zero-order chi connectivity index (χ0) is 4.00. The fourth-order valence-corrected chi connectivity index (χ4v) is 0. The molecule has 0 unspecified atom stereocenters. The van der Waals surface area contributed by atoms with Gasteiger partial charge in [0.15, 0.2) is 0 Å². The molecule has 0 aliphatic heterocycles. The summed E-state index contributed by atoms with van der Waals surface area (Å²) < 4.78 is 0. The van der Waals surface area contributed by atoms with Crippen LogP contribution in [0.25, 0.3) is 0 Å². The number of hydrogen-bond donors (Lipinski definition) is 0. The Balaban J connectivity index is -0.00000000267. The molecule has 38 valence electrons. The van der Waals surface area contributed by atoms with E-state index in [2.05, 4.69) is 0 Å². The predicted octanol–water partition coefficient (Wildman–Crippen LogP) is -4.93. The van der Waals surface area contributed by atoms with Gasteiger partial charge in [0.2, 0.25) is 0 Å². The molecule has 0 aromatic carbocycles. The monoisotopic (exact) mass is 188 g/mol. The van der Waals surface area contributed by atoms with E-state index in [0.29, 0.717) is 0 Å². The smallest absolute Gasteiger partial charge is 1.00 e. The van der Waals surface area contributed by atoms with Crippen molar-refractivity contribution in [2.75, 3.05) is 14.2 Å². The second kappa shape index (κ2) is 132. The third-order valence-electron chi connectivity index (χ3n) is 0. The molecule has 0 bridgehead atoms. The van der Waals surface area contributed by atoms with Gasteiger partial charge in [-0.05, 0) is 0 Å².